The van der Waals surface area contributed by atoms with Crippen LogP contribution in [0.5, 0.6) is 5.88 Å². The van der Waals surface area contributed by atoms with Gasteiger partial charge in [-0.1, -0.05) is 20.8 Å². The molecular weight excluding hydrogens is 302 g/mol. The van der Waals surface area contributed by atoms with Gasteiger partial charge in [0.15, 0.2) is 0 Å². The Balaban J connectivity index is 1.82. The SMILES string of the molecule is CC(C)(C)c1ccc(OCC2CCN(S(C)(=O)=O)CC2)nn1. The predicted octanol–water partition coefficient (Wildman–Crippen LogP) is 1.82. The summed E-state index contributed by atoms with van der Waals surface area (Å²) in [6.45, 7) is 7.97. The van der Waals surface area contributed by atoms with E-state index in [1.807, 2.05) is 12.1 Å². The van der Waals surface area contributed by atoms with E-state index in [0.717, 1.165) is 18.5 Å². The molecule has 1 aromatic heterocycles. The van der Waals surface area contributed by atoms with E-state index < -0.39 is 10.0 Å². The second-order valence-electron chi connectivity index (χ2n) is 6.92. The summed E-state index contributed by atoms with van der Waals surface area (Å²) in [5, 5.41) is 8.30. The summed E-state index contributed by atoms with van der Waals surface area (Å²) in [5.74, 6) is 0.889. The monoisotopic (exact) mass is 327 g/mol. The molecule has 1 fully saturated rings. The third kappa shape index (κ3) is 4.64. The smallest absolute Gasteiger partial charge is 0.233 e. The summed E-state index contributed by atoms with van der Waals surface area (Å²) >= 11 is 0. The molecule has 0 N–H and O–H groups in total. The minimum atomic E-state index is -3.07. The number of sulfonamides is 1. The highest BCUT2D eigenvalue weighted by atomic mass is 32.2. The van der Waals surface area contributed by atoms with Gasteiger partial charge in [-0.05, 0) is 24.8 Å². The first-order valence-electron chi connectivity index (χ1n) is 7.58. The van der Waals surface area contributed by atoms with Gasteiger partial charge in [-0.2, -0.15) is 5.10 Å². The number of hydrogen-bond acceptors (Lipinski definition) is 5. The highest BCUT2D eigenvalue weighted by Gasteiger charge is 2.25. The molecule has 2 heterocycles. The third-order valence-corrected chi connectivity index (χ3v) is 5.22. The molecule has 6 nitrogen and oxygen atoms in total. The first-order valence-corrected chi connectivity index (χ1v) is 9.43. The van der Waals surface area contributed by atoms with Crippen molar-refractivity contribution in [1.82, 2.24) is 14.5 Å². The van der Waals surface area contributed by atoms with Crippen molar-refractivity contribution >= 4 is 10.0 Å². The molecule has 0 unspecified atom stereocenters. The largest absolute Gasteiger partial charge is 0.476 e. The van der Waals surface area contributed by atoms with Crippen LogP contribution in [-0.4, -0.2) is 48.9 Å². The van der Waals surface area contributed by atoms with Crippen molar-refractivity contribution in [2.24, 2.45) is 5.92 Å². The summed E-state index contributed by atoms with van der Waals surface area (Å²) in [4.78, 5) is 0. The highest BCUT2D eigenvalue weighted by molar-refractivity contribution is 7.88. The lowest BCUT2D eigenvalue weighted by Crippen LogP contribution is -2.39. The van der Waals surface area contributed by atoms with E-state index in [-0.39, 0.29) is 5.41 Å². The van der Waals surface area contributed by atoms with Gasteiger partial charge in [-0.25, -0.2) is 12.7 Å². The average Bonchev–Trinajstić information content (AvgIpc) is 2.44. The Morgan fingerprint density at radius 1 is 1.23 bits per heavy atom. The van der Waals surface area contributed by atoms with Gasteiger partial charge in [0.05, 0.1) is 18.6 Å². The van der Waals surface area contributed by atoms with Gasteiger partial charge in [-0.3, -0.25) is 0 Å². The summed E-state index contributed by atoms with van der Waals surface area (Å²) in [6, 6.07) is 3.79. The zero-order valence-electron chi connectivity index (χ0n) is 13.7. The Bertz CT molecular complexity index is 585. The van der Waals surface area contributed by atoms with E-state index in [4.69, 9.17) is 4.74 Å². The van der Waals surface area contributed by atoms with Crippen molar-refractivity contribution in [3.63, 3.8) is 0 Å². The van der Waals surface area contributed by atoms with Gasteiger partial charge in [0, 0.05) is 24.6 Å². The Labute approximate surface area is 132 Å². The van der Waals surface area contributed by atoms with E-state index in [0.29, 0.717) is 31.5 Å². The fraction of sp³-hybridized carbons (Fsp3) is 0.733. The number of rotatable bonds is 4. The maximum atomic E-state index is 11.5. The van der Waals surface area contributed by atoms with Crippen molar-refractivity contribution in [1.29, 1.82) is 0 Å². The van der Waals surface area contributed by atoms with E-state index in [9.17, 15) is 8.42 Å². The van der Waals surface area contributed by atoms with Crippen LogP contribution in [0.15, 0.2) is 12.1 Å². The molecule has 0 amide bonds. The number of aromatic nitrogens is 2. The van der Waals surface area contributed by atoms with Crippen LogP contribution in [0.2, 0.25) is 0 Å². The van der Waals surface area contributed by atoms with Gasteiger partial charge in [0.25, 0.3) is 0 Å². The summed E-state index contributed by atoms with van der Waals surface area (Å²) < 4.78 is 30.1. The quantitative estimate of drug-likeness (QED) is 0.843. The Kier molecular flexibility index (Phi) is 5.07. The van der Waals surface area contributed by atoms with E-state index in [2.05, 4.69) is 31.0 Å². The normalized spacial score (nSPS) is 18.4. The number of nitrogens with zero attached hydrogens (tertiary/aromatic N) is 3. The standard InChI is InChI=1S/C15H25N3O3S/c1-15(2,3)13-5-6-14(17-16-13)21-11-12-7-9-18(10-8-12)22(4,19)20/h5-6,12H,7-11H2,1-4H3. The lowest BCUT2D eigenvalue weighted by atomic mass is 9.92. The first kappa shape index (κ1) is 17.1. The van der Waals surface area contributed by atoms with Crippen LogP contribution < -0.4 is 4.74 Å². The fourth-order valence-corrected chi connectivity index (χ4v) is 3.28. The molecule has 1 saturated heterocycles. The van der Waals surface area contributed by atoms with Gasteiger partial charge in [0.2, 0.25) is 15.9 Å². The Morgan fingerprint density at radius 2 is 1.86 bits per heavy atom. The first-order chi connectivity index (χ1) is 10.2. The molecule has 0 aliphatic carbocycles. The van der Waals surface area contributed by atoms with Gasteiger partial charge < -0.3 is 4.74 Å². The maximum absolute atomic E-state index is 11.5. The number of hydrogen-bond donors (Lipinski definition) is 0. The Hall–Kier alpha value is -1.21. The lowest BCUT2D eigenvalue weighted by Gasteiger charge is -2.29. The maximum Gasteiger partial charge on any atom is 0.233 e. The number of piperidine rings is 1. The zero-order chi connectivity index (χ0) is 16.4. The minimum Gasteiger partial charge on any atom is -0.476 e. The summed E-state index contributed by atoms with van der Waals surface area (Å²) in [6.07, 6.45) is 2.90. The fourth-order valence-electron chi connectivity index (χ4n) is 2.41. The molecule has 0 atom stereocenters. The molecule has 1 aliphatic rings. The van der Waals surface area contributed by atoms with E-state index >= 15 is 0 Å². The summed E-state index contributed by atoms with van der Waals surface area (Å²) in [5.41, 5.74) is 0.908. The second kappa shape index (κ2) is 6.50. The third-order valence-electron chi connectivity index (χ3n) is 3.92. The van der Waals surface area contributed by atoms with Crippen LogP contribution in [0, 0.1) is 5.92 Å². The van der Waals surface area contributed by atoms with Crippen LogP contribution in [0.1, 0.15) is 39.3 Å². The second-order valence-corrected chi connectivity index (χ2v) is 8.91. The molecule has 1 aliphatic heterocycles. The summed E-state index contributed by atoms with van der Waals surface area (Å²) in [7, 11) is -3.07. The van der Waals surface area contributed by atoms with Gasteiger partial charge in [-0.15, -0.1) is 5.10 Å². The molecule has 22 heavy (non-hydrogen) atoms. The Morgan fingerprint density at radius 3 is 2.32 bits per heavy atom. The topological polar surface area (TPSA) is 72.4 Å². The van der Waals surface area contributed by atoms with Crippen LogP contribution in [0.4, 0.5) is 0 Å². The molecule has 124 valence electrons. The van der Waals surface area contributed by atoms with Gasteiger partial charge in [0.1, 0.15) is 0 Å². The van der Waals surface area contributed by atoms with Crippen LogP contribution in [0.25, 0.3) is 0 Å². The molecule has 0 aromatic carbocycles. The van der Waals surface area contributed by atoms with Crippen molar-refractivity contribution < 1.29 is 13.2 Å². The van der Waals surface area contributed by atoms with E-state index in [1.54, 1.807) is 0 Å². The molecular formula is C15H25N3O3S. The highest BCUT2D eigenvalue weighted by Crippen LogP contribution is 2.22. The van der Waals surface area contributed by atoms with E-state index in [1.165, 1.54) is 10.6 Å². The minimum absolute atomic E-state index is 0.0238. The van der Waals surface area contributed by atoms with Crippen LogP contribution >= 0.6 is 0 Å². The van der Waals surface area contributed by atoms with Crippen molar-refractivity contribution in [3.8, 4) is 5.88 Å². The van der Waals surface area contributed by atoms with Crippen molar-refractivity contribution in [2.75, 3.05) is 26.0 Å². The van der Waals surface area contributed by atoms with Crippen LogP contribution in [-0.2, 0) is 15.4 Å². The van der Waals surface area contributed by atoms with Crippen molar-refractivity contribution in [3.05, 3.63) is 17.8 Å². The molecule has 0 radical (unpaired) electrons. The molecule has 1 aromatic rings. The van der Waals surface area contributed by atoms with Crippen LogP contribution in [0.3, 0.4) is 0 Å². The van der Waals surface area contributed by atoms with Crippen molar-refractivity contribution in [2.45, 2.75) is 39.0 Å². The number of ether oxygens (including phenoxy) is 1. The average molecular weight is 327 g/mol. The molecule has 0 saturated carbocycles. The molecule has 0 spiro atoms. The molecule has 7 heteroatoms. The molecule has 0 bridgehead atoms. The molecule has 2 rings (SSSR count). The predicted molar refractivity (Wildman–Crippen MR) is 85.4 cm³/mol. The van der Waals surface area contributed by atoms with Gasteiger partial charge >= 0.3 is 0 Å². The lowest BCUT2D eigenvalue weighted by molar-refractivity contribution is 0.180. The zero-order valence-corrected chi connectivity index (χ0v) is 14.6.